The zero-order chi connectivity index (χ0) is 19.4. The number of rotatable bonds is 6. The summed E-state index contributed by atoms with van der Waals surface area (Å²) < 4.78 is 9.76. The van der Waals surface area contributed by atoms with Crippen LogP contribution in [0.4, 0.5) is 5.69 Å². The molecule has 1 heterocycles. The first-order valence-corrected chi connectivity index (χ1v) is 8.45. The zero-order valence-electron chi connectivity index (χ0n) is 15.1. The summed E-state index contributed by atoms with van der Waals surface area (Å²) in [4.78, 5) is 37.6. The molecule has 1 fully saturated rings. The SMILES string of the molecule is COC(=O)c1ccc(N2C(=O)CC(NCc3ccc(OC)cc3)C2=O)cc1. The van der Waals surface area contributed by atoms with Crippen molar-refractivity contribution < 1.29 is 23.9 Å². The molecule has 1 N–H and O–H groups in total. The Hall–Kier alpha value is -3.19. The second kappa shape index (κ2) is 8.01. The van der Waals surface area contributed by atoms with Gasteiger partial charge < -0.3 is 14.8 Å². The molecule has 1 atom stereocenters. The van der Waals surface area contributed by atoms with Gasteiger partial charge in [-0.2, -0.15) is 0 Å². The van der Waals surface area contributed by atoms with E-state index in [1.807, 2.05) is 24.3 Å². The number of ether oxygens (including phenoxy) is 2. The van der Waals surface area contributed by atoms with Crippen molar-refractivity contribution in [3.05, 3.63) is 59.7 Å². The molecule has 140 valence electrons. The number of hydrogen-bond acceptors (Lipinski definition) is 6. The molecule has 0 aliphatic carbocycles. The summed E-state index contributed by atoms with van der Waals surface area (Å²) in [6, 6.07) is 13.1. The Kier molecular flexibility index (Phi) is 5.52. The van der Waals surface area contributed by atoms with Crippen molar-refractivity contribution >= 4 is 23.5 Å². The molecule has 1 unspecified atom stereocenters. The molecule has 1 aliphatic heterocycles. The second-order valence-electron chi connectivity index (χ2n) is 6.09. The molecule has 1 aliphatic rings. The summed E-state index contributed by atoms with van der Waals surface area (Å²) in [5.74, 6) is -0.301. The van der Waals surface area contributed by atoms with E-state index >= 15 is 0 Å². The molecule has 7 nitrogen and oxygen atoms in total. The van der Waals surface area contributed by atoms with Crippen LogP contribution in [-0.4, -0.2) is 38.0 Å². The molecule has 1 saturated heterocycles. The van der Waals surface area contributed by atoms with Gasteiger partial charge in [-0.3, -0.25) is 9.59 Å². The Bertz CT molecular complexity index is 846. The van der Waals surface area contributed by atoms with Crippen LogP contribution in [0.3, 0.4) is 0 Å². The number of hydrogen-bond donors (Lipinski definition) is 1. The van der Waals surface area contributed by atoms with Crippen LogP contribution in [0.1, 0.15) is 22.3 Å². The lowest BCUT2D eigenvalue weighted by molar-refractivity contribution is -0.121. The van der Waals surface area contributed by atoms with E-state index in [2.05, 4.69) is 10.1 Å². The van der Waals surface area contributed by atoms with Gasteiger partial charge in [0.05, 0.1) is 37.9 Å². The van der Waals surface area contributed by atoms with E-state index in [0.29, 0.717) is 17.8 Å². The number of carbonyl (C=O) groups excluding carboxylic acids is 3. The van der Waals surface area contributed by atoms with Gasteiger partial charge in [-0.25, -0.2) is 9.69 Å². The van der Waals surface area contributed by atoms with Crippen molar-refractivity contribution in [2.75, 3.05) is 19.1 Å². The van der Waals surface area contributed by atoms with Crippen LogP contribution in [0.25, 0.3) is 0 Å². The third-order valence-corrected chi connectivity index (χ3v) is 4.40. The third-order valence-electron chi connectivity index (χ3n) is 4.40. The molecule has 0 radical (unpaired) electrons. The van der Waals surface area contributed by atoms with E-state index < -0.39 is 12.0 Å². The molecule has 27 heavy (non-hydrogen) atoms. The fourth-order valence-corrected chi connectivity index (χ4v) is 2.91. The predicted octanol–water partition coefficient (Wildman–Crippen LogP) is 1.90. The molecule has 2 amide bonds. The first kappa shape index (κ1) is 18.6. The minimum Gasteiger partial charge on any atom is -0.497 e. The van der Waals surface area contributed by atoms with Crippen LogP contribution >= 0.6 is 0 Å². The van der Waals surface area contributed by atoms with Crippen molar-refractivity contribution in [1.82, 2.24) is 5.32 Å². The highest BCUT2D eigenvalue weighted by molar-refractivity contribution is 6.22. The van der Waals surface area contributed by atoms with Crippen molar-refractivity contribution in [2.45, 2.75) is 19.0 Å². The van der Waals surface area contributed by atoms with E-state index in [9.17, 15) is 14.4 Å². The Morgan fingerprint density at radius 2 is 1.74 bits per heavy atom. The van der Waals surface area contributed by atoms with Gasteiger partial charge in [0.15, 0.2) is 0 Å². The normalized spacial score (nSPS) is 16.5. The van der Waals surface area contributed by atoms with Gasteiger partial charge in [-0.15, -0.1) is 0 Å². The fourth-order valence-electron chi connectivity index (χ4n) is 2.91. The van der Waals surface area contributed by atoms with Gasteiger partial charge in [-0.05, 0) is 42.0 Å². The Morgan fingerprint density at radius 3 is 2.33 bits per heavy atom. The monoisotopic (exact) mass is 368 g/mol. The number of amides is 2. The Labute approximate surface area is 156 Å². The van der Waals surface area contributed by atoms with Crippen molar-refractivity contribution in [3.63, 3.8) is 0 Å². The number of methoxy groups -OCH3 is 2. The molecule has 7 heteroatoms. The highest BCUT2D eigenvalue weighted by atomic mass is 16.5. The highest BCUT2D eigenvalue weighted by Gasteiger charge is 2.39. The number of nitrogens with zero attached hydrogens (tertiary/aromatic N) is 1. The zero-order valence-corrected chi connectivity index (χ0v) is 15.1. The van der Waals surface area contributed by atoms with Crippen molar-refractivity contribution in [1.29, 1.82) is 0 Å². The van der Waals surface area contributed by atoms with Crippen molar-refractivity contribution in [2.24, 2.45) is 0 Å². The smallest absolute Gasteiger partial charge is 0.337 e. The molecule has 2 aromatic rings. The van der Waals surface area contributed by atoms with Gasteiger partial charge in [0.1, 0.15) is 5.75 Å². The molecule has 3 rings (SSSR count). The second-order valence-corrected chi connectivity index (χ2v) is 6.09. The van der Waals surface area contributed by atoms with Crippen LogP contribution < -0.4 is 15.0 Å². The lowest BCUT2D eigenvalue weighted by Gasteiger charge is -2.16. The van der Waals surface area contributed by atoms with Crippen LogP contribution in [0.15, 0.2) is 48.5 Å². The minimum atomic E-state index is -0.583. The van der Waals surface area contributed by atoms with E-state index in [1.165, 1.54) is 19.2 Å². The average molecular weight is 368 g/mol. The van der Waals surface area contributed by atoms with Crippen molar-refractivity contribution in [3.8, 4) is 5.75 Å². The van der Waals surface area contributed by atoms with Crippen LogP contribution in [0.5, 0.6) is 5.75 Å². The van der Waals surface area contributed by atoms with Gasteiger partial charge in [0.2, 0.25) is 5.91 Å². The maximum absolute atomic E-state index is 12.6. The molecule has 0 aromatic heterocycles. The summed E-state index contributed by atoms with van der Waals surface area (Å²) in [5, 5.41) is 3.13. The van der Waals surface area contributed by atoms with E-state index in [4.69, 9.17) is 4.74 Å². The van der Waals surface area contributed by atoms with Gasteiger partial charge in [0, 0.05) is 6.54 Å². The van der Waals surface area contributed by atoms with Crippen LogP contribution in [0.2, 0.25) is 0 Å². The lowest BCUT2D eigenvalue weighted by Crippen LogP contribution is -2.38. The third kappa shape index (κ3) is 3.98. The Balaban J connectivity index is 1.66. The van der Waals surface area contributed by atoms with Crippen LogP contribution in [-0.2, 0) is 20.9 Å². The molecular weight excluding hydrogens is 348 g/mol. The maximum Gasteiger partial charge on any atom is 0.337 e. The number of benzene rings is 2. The van der Waals surface area contributed by atoms with Gasteiger partial charge >= 0.3 is 5.97 Å². The van der Waals surface area contributed by atoms with E-state index in [1.54, 1.807) is 19.2 Å². The number of imide groups is 1. The molecule has 0 saturated carbocycles. The summed E-state index contributed by atoms with van der Waals surface area (Å²) >= 11 is 0. The summed E-state index contributed by atoms with van der Waals surface area (Å²) in [6.45, 7) is 0.461. The number of nitrogens with one attached hydrogen (secondary N) is 1. The first-order chi connectivity index (χ1) is 13.0. The first-order valence-electron chi connectivity index (χ1n) is 8.45. The summed E-state index contributed by atoms with van der Waals surface area (Å²) in [5.41, 5.74) is 1.78. The molecular formula is C20H20N2O5. The van der Waals surface area contributed by atoms with E-state index in [-0.39, 0.29) is 18.2 Å². The van der Waals surface area contributed by atoms with Crippen LogP contribution in [0, 0.1) is 0 Å². The lowest BCUT2D eigenvalue weighted by atomic mass is 10.2. The average Bonchev–Trinajstić information content (AvgIpc) is 2.99. The standard InChI is InChI=1S/C20H20N2O5/c1-26-16-9-3-13(4-10-16)12-21-17-11-18(23)22(19(17)24)15-7-5-14(6-8-15)20(25)27-2/h3-10,17,21H,11-12H2,1-2H3. The molecule has 0 bridgehead atoms. The maximum atomic E-state index is 12.6. The highest BCUT2D eigenvalue weighted by Crippen LogP contribution is 2.24. The molecule has 0 spiro atoms. The van der Waals surface area contributed by atoms with E-state index in [0.717, 1.165) is 16.2 Å². The van der Waals surface area contributed by atoms with Gasteiger partial charge in [0.25, 0.3) is 5.91 Å². The summed E-state index contributed by atoms with van der Waals surface area (Å²) in [6.07, 6.45) is 0.0910. The predicted molar refractivity (Wildman–Crippen MR) is 98.5 cm³/mol. The summed E-state index contributed by atoms with van der Waals surface area (Å²) in [7, 11) is 2.89. The fraction of sp³-hybridized carbons (Fsp3) is 0.250. The topological polar surface area (TPSA) is 84.9 Å². The minimum absolute atomic E-state index is 0.0910. The number of carbonyl (C=O) groups is 3. The molecule has 2 aromatic carbocycles. The van der Waals surface area contributed by atoms with Gasteiger partial charge in [-0.1, -0.05) is 12.1 Å². The quantitative estimate of drug-likeness (QED) is 0.619. The number of anilines is 1. The number of esters is 1. The Morgan fingerprint density at radius 1 is 1.07 bits per heavy atom. The largest absolute Gasteiger partial charge is 0.497 e.